The molecular weight excluding hydrogens is 438 g/mol. The summed E-state index contributed by atoms with van der Waals surface area (Å²) in [4.78, 5) is 14.3. The molecule has 1 unspecified atom stereocenters. The van der Waals surface area contributed by atoms with E-state index in [4.69, 9.17) is 4.74 Å². The minimum absolute atomic E-state index is 0.0502. The molecule has 176 valence electrons. The number of rotatable bonds is 5. The molecule has 0 saturated heterocycles. The number of hydrogen-bond donors (Lipinski definition) is 2. The Balaban J connectivity index is 1.72. The number of hydrogen-bond acceptors (Lipinski definition) is 4. The summed E-state index contributed by atoms with van der Waals surface area (Å²) < 4.78 is 6.31. The highest BCUT2D eigenvalue weighted by Crippen LogP contribution is 2.52. The second-order valence-electron chi connectivity index (χ2n) is 8.92. The van der Waals surface area contributed by atoms with Crippen molar-refractivity contribution in [3.05, 3.63) is 118 Å². The first-order chi connectivity index (χ1) is 16.8. The normalized spacial score (nSPS) is 16.1. The van der Waals surface area contributed by atoms with Gasteiger partial charge in [-0.15, -0.1) is 0 Å². The van der Waals surface area contributed by atoms with Gasteiger partial charge < -0.3 is 19.8 Å². The zero-order chi connectivity index (χ0) is 24.7. The third-order valence-corrected chi connectivity index (χ3v) is 6.62. The number of aryl methyl sites for hydroxylation is 2. The van der Waals surface area contributed by atoms with Crippen molar-refractivity contribution in [1.29, 1.82) is 0 Å². The van der Waals surface area contributed by atoms with E-state index in [9.17, 15) is 15.0 Å². The quantitative estimate of drug-likeness (QED) is 0.350. The van der Waals surface area contributed by atoms with E-state index in [1.165, 1.54) is 11.6 Å². The highest BCUT2D eigenvalue weighted by atomic mass is 16.5. The van der Waals surface area contributed by atoms with Crippen LogP contribution in [0.3, 0.4) is 0 Å². The largest absolute Gasteiger partial charge is 0.478 e. The molecule has 1 heterocycles. The molecule has 0 aromatic heterocycles. The minimum atomic E-state index is -1.69. The first kappa shape index (κ1) is 22.7. The lowest BCUT2D eigenvalue weighted by atomic mass is 9.76. The van der Waals surface area contributed by atoms with Crippen LogP contribution in [0.2, 0.25) is 0 Å². The van der Waals surface area contributed by atoms with Crippen LogP contribution < -0.4 is 9.64 Å². The summed E-state index contributed by atoms with van der Waals surface area (Å²) in [6, 6.07) is 26.2. The fraction of sp³-hybridized carbons (Fsp3) is 0.167. The summed E-state index contributed by atoms with van der Waals surface area (Å²) in [7, 11) is 0. The Hall–Kier alpha value is -4.09. The predicted molar refractivity (Wildman–Crippen MR) is 137 cm³/mol. The van der Waals surface area contributed by atoms with Gasteiger partial charge in [0, 0.05) is 40.7 Å². The number of carboxylic acid groups (broad SMARTS) is 1. The zero-order valence-corrected chi connectivity index (χ0v) is 19.9. The van der Waals surface area contributed by atoms with Crippen LogP contribution in [0.25, 0.3) is 0 Å². The first-order valence-corrected chi connectivity index (χ1v) is 11.7. The number of nitrogens with zero attached hydrogens (tertiary/aromatic N) is 1. The van der Waals surface area contributed by atoms with E-state index < -0.39 is 11.6 Å². The molecule has 0 saturated carbocycles. The third-order valence-electron chi connectivity index (χ3n) is 6.62. The van der Waals surface area contributed by atoms with E-state index in [-0.39, 0.29) is 5.56 Å². The van der Waals surface area contributed by atoms with E-state index >= 15 is 0 Å². The molecule has 4 aromatic rings. The number of benzene rings is 4. The van der Waals surface area contributed by atoms with E-state index in [1.54, 1.807) is 18.2 Å². The molecule has 0 bridgehead atoms. The van der Waals surface area contributed by atoms with E-state index in [2.05, 4.69) is 43.0 Å². The Bertz CT molecular complexity index is 1430. The van der Waals surface area contributed by atoms with Gasteiger partial charge in [0.15, 0.2) is 0 Å². The van der Waals surface area contributed by atoms with Gasteiger partial charge in [0.1, 0.15) is 17.1 Å². The Morgan fingerprint density at radius 3 is 2.20 bits per heavy atom. The van der Waals surface area contributed by atoms with Crippen LogP contribution in [0.5, 0.6) is 11.5 Å². The second-order valence-corrected chi connectivity index (χ2v) is 8.92. The molecule has 1 aliphatic heterocycles. The number of aromatic carboxylic acids is 1. The number of carbonyl (C=O) groups is 1. The summed E-state index contributed by atoms with van der Waals surface area (Å²) >= 11 is 0. The van der Waals surface area contributed by atoms with Gasteiger partial charge in [-0.3, -0.25) is 0 Å². The summed E-state index contributed by atoms with van der Waals surface area (Å²) in [6.07, 6.45) is 0. The van der Waals surface area contributed by atoms with Crippen LogP contribution in [-0.2, 0) is 5.60 Å². The molecule has 0 spiro atoms. The standard InChI is InChI=1S/C30H27NO4/c1-4-31(21-12-9-19(2)10-13-21)22-14-15-25-28(18-22)35-27-16-11-20(3)17-26(27)30(25,34)24-8-6-5-7-23(24)29(32)33/h5-18,34H,4H2,1-3H3,(H,32,33). The Labute approximate surface area is 204 Å². The first-order valence-electron chi connectivity index (χ1n) is 11.7. The molecular formula is C30H27NO4. The molecule has 1 aliphatic rings. The third kappa shape index (κ3) is 3.74. The van der Waals surface area contributed by atoms with Gasteiger partial charge in [-0.25, -0.2) is 4.79 Å². The molecule has 5 nitrogen and oxygen atoms in total. The average Bonchev–Trinajstić information content (AvgIpc) is 2.86. The maximum atomic E-state index is 12.4. The van der Waals surface area contributed by atoms with Crippen LogP contribution in [0.1, 0.15) is 45.1 Å². The lowest BCUT2D eigenvalue weighted by molar-refractivity contribution is 0.0676. The highest BCUT2D eigenvalue weighted by molar-refractivity contribution is 5.90. The van der Waals surface area contributed by atoms with Gasteiger partial charge in [0.25, 0.3) is 0 Å². The van der Waals surface area contributed by atoms with Gasteiger partial charge in [-0.05, 0) is 63.2 Å². The van der Waals surface area contributed by atoms with E-state index in [0.29, 0.717) is 28.2 Å². The van der Waals surface area contributed by atoms with Gasteiger partial charge in [-0.1, -0.05) is 47.5 Å². The smallest absolute Gasteiger partial charge is 0.336 e. The van der Waals surface area contributed by atoms with Crippen LogP contribution >= 0.6 is 0 Å². The van der Waals surface area contributed by atoms with Crippen molar-refractivity contribution < 1.29 is 19.7 Å². The molecule has 4 aromatic carbocycles. The van der Waals surface area contributed by atoms with Crippen LogP contribution in [0, 0.1) is 13.8 Å². The Kier molecular flexibility index (Phi) is 5.58. The summed E-state index contributed by atoms with van der Waals surface area (Å²) in [5, 5.41) is 22.3. The molecule has 5 rings (SSSR count). The van der Waals surface area contributed by atoms with Crippen molar-refractivity contribution in [2.24, 2.45) is 0 Å². The number of fused-ring (bicyclic) bond motifs is 2. The van der Waals surface area contributed by atoms with Crippen molar-refractivity contribution in [2.75, 3.05) is 11.4 Å². The van der Waals surface area contributed by atoms with Gasteiger partial charge in [-0.2, -0.15) is 0 Å². The lowest BCUT2D eigenvalue weighted by Gasteiger charge is -2.38. The highest BCUT2D eigenvalue weighted by Gasteiger charge is 2.44. The minimum Gasteiger partial charge on any atom is -0.478 e. The van der Waals surface area contributed by atoms with Crippen LogP contribution in [-0.4, -0.2) is 22.7 Å². The number of aliphatic hydroxyl groups is 1. The lowest BCUT2D eigenvalue weighted by Crippen LogP contribution is -2.34. The van der Waals surface area contributed by atoms with Crippen molar-refractivity contribution in [3.63, 3.8) is 0 Å². The monoisotopic (exact) mass is 465 g/mol. The molecule has 0 fully saturated rings. The molecule has 35 heavy (non-hydrogen) atoms. The molecule has 0 amide bonds. The number of anilines is 2. The summed E-state index contributed by atoms with van der Waals surface area (Å²) in [5.74, 6) is -0.0992. The molecule has 1 atom stereocenters. The average molecular weight is 466 g/mol. The second kappa shape index (κ2) is 8.60. The van der Waals surface area contributed by atoms with Crippen LogP contribution in [0.4, 0.5) is 11.4 Å². The van der Waals surface area contributed by atoms with E-state index in [0.717, 1.165) is 23.5 Å². The van der Waals surface area contributed by atoms with Crippen molar-refractivity contribution in [1.82, 2.24) is 0 Å². The van der Waals surface area contributed by atoms with Gasteiger partial charge in [0.05, 0.1) is 5.56 Å². The topological polar surface area (TPSA) is 70.0 Å². The number of carboxylic acids is 1. The predicted octanol–water partition coefficient (Wildman–Crippen LogP) is 6.55. The Morgan fingerprint density at radius 1 is 0.800 bits per heavy atom. The molecule has 5 heteroatoms. The van der Waals surface area contributed by atoms with Crippen molar-refractivity contribution in [2.45, 2.75) is 26.4 Å². The number of ether oxygens (including phenoxy) is 1. The van der Waals surface area contributed by atoms with Gasteiger partial charge >= 0.3 is 5.97 Å². The SMILES string of the molecule is CCN(c1ccc(C)cc1)c1ccc2c(c1)Oc1ccc(C)cc1C2(O)c1ccccc1C(=O)O. The maximum Gasteiger partial charge on any atom is 0.336 e. The van der Waals surface area contributed by atoms with E-state index in [1.807, 2.05) is 43.3 Å². The zero-order valence-electron chi connectivity index (χ0n) is 19.9. The summed E-state index contributed by atoms with van der Waals surface area (Å²) in [5.41, 5.74) is 3.80. The molecule has 0 radical (unpaired) electrons. The fourth-order valence-electron chi connectivity index (χ4n) is 4.86. The van der Waals surface area contributed by atoms with Gasteiger partial charge in [0.2, 0.25) is 0 Å². The Morgan fingerprint density at radius 2 is 1.49 bits per heavy atom. The summed E-state index contributed by atoms with van der Waals surface area (Å²) in [6.45, 7) is 6.81. The maximum absolute atomic E-state index is 12.4. The molecule has 0 aliphatic carbocycles. The fourth-order valence-corrected chi connectivity index (χ4v) is 4.86. The van der Waals surface area contributed by atoms with Crippen molar-refractivity contribution >= 4 is 17.3 Å². The molecule has 2 N–H and O–H groups in total. The van der Waals surface area contributed by atoms with Crippen molar-refractivity contribution in [3.8, 4) is 11.5 Å². The van der Waals surface area contributed by atoms with Crippen LogP contribution in [0.15, 0.2) is 84.9 Å².